The summed E-state index contributed by atoms with van der Waals surface area (Å²) in [5.41, 5.74) is 0.523. The van der Waals surface area contributed by atoms with Gasteiger partial charge in [-0.15, -0.1) is 11.8 Å². The Morgan fingerprint density at radius 2 is 1.71 bits per heavy atom. The summed E-state index contributed by atoms with van der Waals surface area (Å²) in [6.45, 7) is 0.983. The number of hydrogen-bond donors (Lipinski definition) is 1. The lowest BCUT2D eigenvalue weighted by molar-refractivity contribution is -0.123. The van der Waals surface area contributed by atoms with E-state index in [0.29, 0.717) is 18.8 Å². The molecule has 1 aromatic rings. The molecule has 31 heavy (non-hydrogen) atoms. The van der Waals surface area contributed by atoms with E-state index in [9.17, 15) is 18.0 Å². The van der Waals surface area contributed by atoms with E-state index in [1.807, 2.05) is 0 Å². The lowest BCUT2D eigenvalue weighted by Gasteiger charge is -2.30. The third kappa shape index (κ3) is 5.26. The Morgan fingerprint density at radius 1 is 1.03 bits per heavy atom. The number of nitrogens with one attached hydrogen (secondary N) is 1. The molecule has 1 saturated carbocycles. The van der Waals surface area contributed by atoms with Gasteiger partial charge in [0.05, 0.1) is 16.3 Å². The maximum Gasteiger partial charge on any atom is 0.243 e. The van der Waals surface area contributed by atoms with E-state index in [1.54, 1.807) is 18.2 Å². The first kappa shape index (κ1) is 22.6. The zero-order valence-corrected chi connectivity index (χ0v) is 19.5. The fraction of sp³-hybridized carbons (Fsp3) is 0.636. The van der Waals surface area contributed by atoms with Crippen LogP contribution >= 0.6 is 11.8 Å². The number of rotatable bonds is 5. The lowest BCUT2D eigenvalue weighted by Crippen LogP contribution is -2.46. The molecule has 2 fully saturated rings. The molecule has 1 aromatic carbocycles. The summed E-state index contributed by atoms with van der Waals surface area (Å²) in [6.07, 6.45) is 9.37. The highest BCUT2D eigenvalue weighted by molar-refractivity contribution is 8.00. The summed E-state index contributed by atoms with van der Waals surface area (Å²) in [7, 11) is -3.61. The number of carbonyl (C=O) groups excluding carboxylic acids is 2. The number of sulfonamides is 1. The highest BCUT2D eigenvalue weighted by Gasteiger charge is 2.31. The minimum absolute atomic E-state index is 0.0733. The van der Waals surface area contributed by atoms with Crippen LogP contribution in [0.25, 0.3) is 0 Å². The summed E-state index contributed by atoms with van der Waals surface area (Å²) in [6, 6.07) is 5.12. The van der Waals surface area contributed by atoms with Crippen LogP contribution in [0.2, 0.25) is 0 Å². The normalized spacial score (nSPS) is 21.4. The summed E-state index contributed by atoms with van der Waals surface area (Å²) < 4.78 is 27.8. The molecular weight excluding hydrogens is 434 g/mol. The van der Waals surface area contributed by atoms with Crippen molar-refractivity contribution in [3.8, 4) is 0 Å². The Kier molecular flexibility index (Phi) is 7.23. The second kappa shape index (κ2) is 9.92. The Morgan fingerprint density at radius 3 is 2.42 bits per heavy atom. The monoisotopic (exact) mass is 465 g/mol. The summed E-state index contributed by atoms with van der Waals surface area (Å²) in [4.78, 5) is 27.9. The molecule has 7 nitrogen and oxygen atoms in total. The highest BCUT2D eigenvalue weighted by atomic mass is 32.2. The van der Waals surface area contributed by atoms with Crippen LogP contribution in [0.1, 0.15) is 57.8 Å². The van der Waals surface area contributed by atoms with Gasteiger partial charge in [0.15, 0.2) is 0 Å². The predicted octanol–water partition coefficient (Wildman–Crippen LogP) is 3.14. The number of amides is 2. The average molecular weight is 466 g/mol. The molecule has 9 heteroatoms. The number of hydrogen-bond acceptors (Lipinski definition) is 5. The molecule has 0 spiro atoms. The van der Waals surface area contributed by atoms with Crippen LogP contribution in [-0.2, 0) is 19.6 Å². The molecule has 1 saturated heterocycles. The summed E-state index contributed by atoms with van der Waals surface area (Å²) >= 11 is 1.39. The standard InChI is InChI=1S/C22H31N3O4S2/c26-21(23-17-8-4-1-2-5-9-17)15-25-19-14-18(10-11-20(19)30-16-22(25)27)31(28,29)24-12-6-3-7-13-24/h10-11,14,17H,1-9,12-13,15-16H2,(H,23,26). The molecule has 2 aliphatic heterocycles. The van der Waals surface area contributed by atoms with Crippen LogP contribution < -0.4 is 10.2 Å². The van der Waals surface area contributed by atoms with Crippen LogP contribution in [0.5, 0.6) is 0 Å². The first-order chi connectivity index (χ1) is 14.9. The van der Waals surface area contributed by atoms with Gasteiger partial charge in [0, 0.05) is 24.0 Å². The van der Waals surface area contributed by atoms with Crippen LogP contribution in [0, 0.1) is 0 Å². The van der Waals surface area contributed by atoms with Gasteiger partial charge in [-0.25, -0.2) is 8.42 Å². The minimum atomic E-state index is -3.61. The van der Waals surface area contributed by atoms with Gasteiger partial charge in [-0.1, -0.05) is 32.1 Å². The van der Waals surface area contributed by atoms with Crippen molar-refractivity contribution in [3.63, 3.8) is 0 Å². The number of piperidine rings is 1. The molecule has 0 bridgehead atoms. The smallest absolute Gasteiger partial charge is 0.243 e. The fourth-order valence-electron chi connectivity index (χ4n) is 4.61. The van der Waals surface area contributed by atoms with Gasteiger partial charge in [-0.05, 0) is 43.9 Å². The van der Waals surface area contributed by atoms with Gasteiger partial charge in [0.2, 0.25) is 21.8 Å². The van der Waals surface area contributed by atoms with E-state index in [4.69, 9.17) is 0 Å². The molecular formula is C22H31N3O4S2. The number of nitrogens with zero attached hydrogens (tertiary/aromatic N) is 2. The second-order valence-electron chi connectivity index (χ2n) is 8.62. The Balaban J connectivity index is 1.53. The molecule has 3 aliphatic rings. The van der Waals surface area contributed by atoms with Crippen molar-refractivity contribution in [1.82, 2.24) is 9.62 Å². The molecule has 0 radical (unpaired) electrons. The van der Waals surface area contributed by atoms with E-state index in [-0.39, 0.29) is 35.0 Å². The molecule has 1 aliphatic carbocycles. The third-order valence-electron chi connectivity index (χ3n) is 6.35. The van der Waals surface area contributed by atoms with Crippen LogP contribution in [0.4, 0.5) is 5.69 Å². The molecule has 2 heterocycles. The minimum Gasteiger partial charge on any atom is -0.352 e. The van der Waals surface area contributed by atoms with Crippen molar-refractivity contribution in [2.75, 3.05) is 30.3 Å². The van der Waals surface area contributed by atoms with Gasteiger partial charge < -0.3 is 10.2 Å². The molecule has 170 valence electrons. The van der Waals surface area contributed by atoms with E-state index < -0.39 is 10.0 Å². The van der Waals surface area contributed by atoms with Gasteiger partial charge in [-0.3, -0.25) is 9.59 Å². The number of thioether (sulfide) groups is 1. The van der Waals surface area contributed by atoms with Gasteiger partial charge in [0.1, 0.15) is 6.54 Å². The zero-order chi connectivity index (χ0) is 21.8. The highest BCUT2D eigenvalue weighted by Crippen LogP contribution is 2.37. The van der Waals surface area contributed by atoms with Crippen LogP contribution in [0.15, 0.2) is 28.0 Å². The molecule has 4 rings (SSSR count). The number of carbonyl (C=O) groups is 2. The summed E-state index contributed by atoms with van der Waals surface area (Å²) in [5, 5.41) is 3.09. The topological polar surface area (TPSA) is 86.8 Å². The molecule has 0 unspecified atom stereocenters. The fourth-order valence-corrected chi connectivity index (χ4v) is 7.06. The molecule has 1 N–H and O–H groups in total. The van der Waals surface area contributed by atoms with Gasteiger partial charge in [0.25, 0.3) is 0 Å². The third-order valence-corrected chi connectivity index (χ3v) is 9.29. The molecule has 0 aromatic heterocycles. The van der Waals surface area contributed by atoms with E-state index in [1.165, 1.54) is 33.8 Å². The van der Waals surface area contributed by atoms with E-state index in [2.05, 4.69) is 5.32 Å². The maximum absolute atomic E-state index is 13.1. The van der Waals surface area contributed by atoms with Crippen molar-refractivity contribution in [1.29, 1.82) is 0 Å². The Hall–Kier alpha value is -1.58. The first-order valence-corrected chi connectivity index (χ1v) is 13.7. The largest absolute Gasteiger partial charge is 0.352 e. The van der Waals surface area contributed by atoms with Crippen molar-refractivity contribution >= 4 is 39.3 Å². The second-order valence-corrected chi connectivity index (χ2v) is 11.6. The quantitative estimate of drug-likeness (QED) is 0.675. The Bertz CT molecular complexity index is 921. The van der Waals surface area contributed by atoms with Crippen molar-refractivity contribution in [2.45, 2.75) is 73.6 Å². The summed E-state index contributed by atoms with van der Waals surface area (Å²) in [5.74, 6) is -0.0921. The van der Waals surface area contributed by atoms with Gasteiger partial charge in [-0.2, -0.15) is 4.31 Å². The molecule has 2 amide bonds. The maximum atomic E-state index is 13.1. The van der Waals surface area contributed by atoms with Crippen LogP contribution in [-0.4, -0.2) is 56.0 Å². The Labute approximate surface area is 189 Å². The van der Waals surface area contributed by atoms with E-state index >= 15 is 0 Å². The van der Waals surface area contributed by atoms with Crippen molar-refractivity contribution in [2.24, 2.45) is 0 Å². The van der Waals surface area contributed by atoms with Crippen molar-refractivity contribution in [3.05, 3.63) is 18.2 Å². The number of anilines is 1. The number of fused-ring (bicyclic) bond motifs is 1. The lowest BCUT2D eigenvalue weighted by atomic mass is 10.1. The van der Waals surface area contributed by atoms with Crippen LogP contribution in [0.3, 0.4) is 0 Å². The SMILES string of the molecule is O=C(CN1C(=O)CSc2ccc(S(=O)(=O)N3CCCCC3)cc21)NC1CCCCCC1. The average Bonchev–Trinajstić information content (AvgIpc) is 3.04. The van der Waals surface area contributed by atoms with Crippen molar-refractivity contribution < 1.29 is 18.0 Å². The number of benzene rings is 1. The zero-order valence-electron chi connectivity index (χ0n) is 17.8. The molecule has 0 atom stereocenters. The first-order valence-electron chi connectivity index (χ1n) is 11.3. The predicted molar refractivity (Wildman–Crippen MR) is 122 cm³/mol. The van der Waals surface area contributed by atoms with E-state index in [0.717, 1.165) is 49.8 Å². The van der Waals surface area contributed by atoms with Gasteiger partial charge >= 0.3 is 0 Å².